The minimum absolute atomic E-state index is 0.231. The van der Waals surface area contributed by atoms with E-state index in [1.807, 2.05) is 18.2 Å². The molecule has 3 heterocycles. The van der Waals surface area contributed by atoms with Crippen LogP contribution in [-0.4, -0.2) is 31.3 Å². The summed E-state index contributed by atoms with van der Waals surface area (Å²) in [5, 5.41) is 29.5. The Morgan fingerprint density at radius 3 is 2.41 bits per heavy atom. The number of hydrazine groups is 1. The SMILES string of the molecule is OC(O)(O)CC1=CN2NC(c3ccc(F)cc3)C(c3ccncc3)=C2C=C1. The van der Waals surface area contributed by atoms with E-state index in [0.29, 0.717) is 5.57 Å². The van der Waals surface area contributed by atoms with E-state index in [1.54, 1.807) is 41.8 Å². The van der Waals surface area contributed by atoms with E-state index in [1.165, 1.54) is 12.1 Å². The third kappa shape index (κ3) is 3.67. The minimum Gasteiger partial charge on any atom is -0.343 e. The molecule has 4 N–H and O–H groups in total. The summed E-state index contributed by atoms with van der Waals surface area (Å²) in [6, 6.07) is 9.85. The van der Waals surface area contributed by atoms with Crippen molar-refractivity contribution in [3.05, 3.63) is 95.4 Å². The molecule has 0 fully saturated rings. The molecule has 1 aromatic heterocycles. The van der Waals surface area contributed by atoms with E-state index in [-0.39, 0.29) is 18.3 Å². The van der Waals surface area contributed by atoms with Crippen molar-refractivity contribution < 1.29 is 19.7 Å². The first-order valence-corrected chi connectivity index (χ1v) is 8.42. The first-order valence-electron chi connectivity index (χ1n) is 8.42. The van der Waals surface area contributed by atoms with Crippen molar-refractivity contribution in [2.24, 2.45) is 0 Å². The maximum absolute atomic E-state index is 13.4. The Morgan fingerprint density at radius 2 is 1.74 bits per heavy atom. The summed E-state index contributed by atoms with van der Waals surface area (Å²) in [5.74, 6) is -3.08. The van der Waals surface area contributed by atoms with Crippen LogP contribution >= 0.6 is 0 Å². The smallest absolute Gasteiger partial charge is 0.279 e. The fraction of sp³-hybridized carbons (Fsp3) is 0.150. The van der Waals surface area contributed by atoms with Crippen LogP contribution in [0.4, 0.5) is 4.39 Å². The second-order valence-electron chi connectivity index (χ2n) is 6.51. The zero-order valence-electron chi connectivity index (χ0n) is 14.2. The summed E-state index contributed by atoms with van der Waals surface area (Å²) < 4.78 is 13.4. The van der Waals surface area contributed by atoms with Gasteiger partial charge in [0.25, 0.3) is 5.97 Å². The quantitative estimate of drug-likeness (QED) is 0.618. The molecule has 2 aromatic rings. The van der Waals surface area contributed by atoms with E-state index in [9.17, 15) is 19.7 Å². The maximum Gasteiger partial charge on any atom is 0.279 e. The lowest BCUT2D eigenvalue weighted by Gasteiger charge is -2.24. The van der Waals surface area contributed by atoms with Gasteiger partial charge in [-0.2, -0.15) is 0 Å². The van der Waals surface area contributed by atoms with E-state index < -0.39 is 5.97 Å². The molecule has 0 saturated heterocycles. The van der Waals surface area contributed by atoms with Gasteiger partial charge in [-0.25, -0.2) is 9.82 Å². The Bertz CT molecular complexity index is 931. The van der Waals surface area contributed by atoms with Crippen LogP contribution in [0.3, 0.4) is 0 Å². The van der Waals surface area contributed by atoms with Crippen LogP contribution in [0.2, 0.25) is 0 Å². The fourth-order valence-electron chi connectivity index (χ4n) is 3.34. The van der Waals surface area contributed by atoms with Crippen molar-refractivity contribution in [1.29, 1.82) is 0 Å². The van der Waals surface area contributed by atoms with Crippen molar-refractivity contribution >= 4 is 5.57 Å². The Labute approximate surface area is 155 Å². The molecule has 0 spiro atoms. The molecule has 1 unspecified atom stereocenters. The zero-order valence-corrected chi connectivity index (χ0v) is 14.2. The first kappa shape index (κ1) is 17.6. The highest BCUT2D eigenvalue weighted by atomic mass is 19.1. The molecule has 4 rings (SSSR count). The summed E-state index contributed by atoms with van der Waals surface area (Å²) in [5.41, 5.74) is 7.58. The van der Waals surface area contributed by atoms with Gasteiger partial charge in [0.2, 0.25) is 0 Å². The molecule has 0 saturated carbocycles. The van der Waals surface area contributed by atoms with Crippen LogP contribution < -0.4 is 5.43 Å². The van der Waals surface area contributed by atoms with E-state index in [2.05, 4.69) is 10.4 Å². The number of hydrogen-bond acceptors (Lipinski definition) is 6. The highest BCUT2D eigenvalue weighted by Gasteiger charge is 2.33. The van der Waals surface area contributed by atoms with Crippen molar-refractivity contribution in [2.75, 3.05) is 0 Å². The Hall–Kier alpha value is -2.84. The third-order valence-corrected chi connectivity index (χ3v) is 4.48. The summed E-state index contributed by atoms with van der Waals surface area (Å²) >= 11 is 0. The van der Waals surface area contributed by atoms with Crippen molar-refractivity contribution in [3.63, 3.8) is 0 Å². The molecular weight excluding hydrogens is 349 g/mol. The minimum atomic E-state index is -2.78. The zero-order chi connectivity index (χ0) is 19.0. The molecule has 27 heavy (non-hydrogen) atoms. The average Bonchev–Trinajstić information content (AvgIpc) is 3.00. The lowest BCUT2D eigenvalue weighted by Crippen LogP contribution is -2.32. The van der Waals surface area contributed by atoms with Gasteiger partial charge in [0.05, 0.1) is 18.2 Å². The van der Waals surface area contributed by atoms with Gasteiger partial charge in [0.15, 0.2) is 0 Å². The molecule has 1 aromatic carbocycles. The van der Waals surface area contributed by atoms with Gasteiger partial charge >= 0.3 is 0 Å². The molecular formula is C20H18FN3O3. The highest BCUT2D eigenvalue weighted by Crippen LogP contribution is 2.41. The molecule has 6 nitrogen and oxygen atoms in total. The fourth-order valence-corrected chi connectivity index (χ4v) is 3.34. The number of nitrogens with zero attached hydrogens (tertiary/aromatic N) is 2. The van der Waals surface area contributed by atoms with E-state index >= 15 is 0 Å². The van der Waals surface area contributed by atoms with Gasteiger partial charge in [0, 0.05) is 24.2 Å². The predicted octanol–water partition coefficient (Wildman–Crippen LogP) is 1.97. The maximum atomic E-state index is 13.4. The first-order chi connectivity index (χ1) is 12.9. The Morgan fingerprint density at radius 1 is 1.04 bits per heavy atom. The van der Waals surface area contributed by atoms with Crippen LogP contribution in [0.15, 0.2) is 78.4 Å². The molecule has 0 bridgehead atoms. The summed E-state index contributed by atoms with van der Waals surface area (Å²) in [7, 11) is 0. The summed E-state index contributed by atoms with van der Waals surface area (Å²) in [4.78, 5) is 4.06. The Balaban J connectivity index is 1.76. The summed E-state index contributed by atoms with van der Waals surface area (Å²) in [6.45, 7) is 0. The second-order valence-corrected chi connectivity index (χ2v) is 6.51. The van der Waals surface area contributed by atoms with Crippen molar-refractivity contribution in [3.8, 4) is 0 Å². The number of rotatable bonds is 4. The number of allylic oxidation sites excluding steroid dienone is 2. The molecule has 0 amide bonds. The standard InChI is InChI=1S/C20H18FN3O3/c21-16-4-2-15(3-5-16)19-18(14-7-9-22-10-8-14)17-6-1-13(11-20(25,26)27)12-24(17)23-19/h1-10,12,19,23,25-27H,11H2. The highest BCUT2D eigenvalue weighted by molar-refractivity contribution is 5.78. The topological polar surface area (TPSA) is 88.8 Å². The van der Waals surface area contributed by atoms with Crippen LogP contribution in [0.25, 0.3) is 5.57 Å². The van der Waals surface area contributed by atoms with Gasteiger partial charge < -0.3 is 15.3 Å². The largest absolute Gasteiger partial charge is 0.343 e. The van der Waals surface area contributed by atoms with Gasteiger partial charge in [-0.15, -0.1) is 0 Å². The number of halogens is 1. The molecule has 1 atom stereocenters. The molecule has 2 aliphatic rings. The van der Waals surface area contributed by atoms with Crippen LogP contribution in [0.5, 0.6) is 0 Å². The predicted molar refractivity (Wildman–Crippen MR) is 96.5 cm³/mol. The van der Waals surface area contributed by atoms with Crippen molar-refractivity contribution in [2.45, 2.75) is 18.4 Å². The third-order valence-electron chi connectivity index (χ3n) is 4.48. The number of aliphatic hydroxyl groups is 3. The van der Waals surface area contributed by atoms with Crippen LogP contribution in [0.1, 0.15) is 23.6 Å². The summed E-state index contributed by atoms with van der Waals surface area (Å²) in [6.07, 6.45) is 8.34. The molecule has 138 valence electrons. The Kier molecular flexibility index (Phi) is 4.37. The lowest BCUT2D eigenvalue weighted by molar-refractivity contribution is -0.309. The number of fused-ring (bicyclic) bond motifs is 1. The van der Waals surface area contributed by atoms with Crippen molar-refractivity contribution in [1.82, 2.24) is 15.4 Å². The number of hydrogen-bond donors (Lipinski definition) is 4. The number of pyridine rings is 1. The van der Waals surface area contributed by atoms with Gasteiger partial charge in [-0.3, -0.25) is 9.99 Å². The van der Waals surface area contributed by atoms with E-state index in [0.717, 1.165) is 22.4 Å². The number of aromatic nitrogens is 1. The molecule has 0 radical (unpaired) electrons. The lowest BCUT2D eigenvalue weighted by atomic mass is 9.92. The average molecular weight is 367 g/mol. The molecule has 7 heteroatoms. The van der Waals surface area contributed by atoms with E-state index in [4.69, 9.17) is 0 Å². The normalized spacial score (nSPS) is 19.3. The van der Waals surface area contributed by atoms with Crippen LogP contribution in [0, 0.1) is 5.82 Å². The van der Waals surface area contributed by atoms with Gasteiger partial charge in [0.1, 0.15) is 5.82 Å². The number of nitrogens with one attached hydrogen (secondary N) is 1. The molecule has 2 aliphatic heterocycles. The van der Waals surface area contributed by atoms with Crippen LogP contribution in [-0.2, 0) is 0 Å². The van der Waals surface area contributed by atoms with Gasteiger partial charge in [-0.05, 0) is 47.0 Å². The van der Waals surface area contributed by atoms with Gasteiger partial charge in [-0.1, -0.05) is 18.2 Å². The second kappa shape index (κ2) is 6.71. The molecule has 0 aliphatic carbocycles. The monoisotopic (exact) mass is 367 g/mol. The number of benzene rings is 1.